The minimum Gasteiger partial charge on any atom is -0.497 e. The van der Waals surface area contributed by atoms with Crippen molar-refractivity contribution in [3.63, 3.8) is 0 Å². The first-order valence-corrected chi connectivity index (χ1v) is 7.20. The standard InChI is InChI=1S/C16H25N3O/c1-12(2)8-9-16(3)11-18-15(17)19(16)13-6-5-7-14(10-13)20-4/h5-7,10,12H,8-9,11H2,1-4H3,(H2,17,18). The van der Waals surface area contributed by atoms with Crippen LogP contribution in [0.1, 0.15) is 33.6 Å². The number of ether oxygens (including phenoxy) is 1. The topological polar surface area (TPSA) is 50.9 Å². The van der Waals surface area contributed by atoms with Gasteiger partial charge in [-0.3, -0.25) is 4.99 Å². The summed E-state index contributed by atoms with van der Waals surface area (Å²) in [4.78, 5) is 6.61. The molecular weight excluding hydrogens is 250 g/mol. The highest BCUT2D eigenvalue weighted by atomic mass is 16.5. The van der Waals surface area contributed by atoms with Crippen LogP contribution in [-0.4, -0.2) is 25.2 Å². The van der Waals surface area contributed by atoms with Gasteiger partial charge in [-0.2, -0.15) is 0 Å². The molecular formula is C16H25N3O. The van der Waals surface area contributed by atoms with Crippen LogP contribution in [0, 0.1) is 5.92 Å². The summed E-state index contributed by atoms with van der Waals surface area (Å²) in [6, 6.07) is 8.01. The monoisotopic (exact) mass is 275 g/mol. The largest absolute Gasteiger partial charge is 0.497 e. The summed E-state index contributed by atoms with van der Waals surface area (Å²) in [5, 5.41) is 0. The van der Waals surface area contributed by atoms with Crippen molar-refractivity contribution in [2.45, 2.75) is 39.2 Å². The van der Waals surface area contributed by atoms with Gasteiger partial charge in [-0.25, -0.2) is 0 Å². The number of anilines is 1. The Bertz CT molecular complexity index is 498. The van der Waals surface area contributed by atoms with Gasteiger partial charge in [0, 0.05) is 11.8 Å². The number of hydrogen-bond acceptors (Lipinski definition) is 4. The van der Waals surface area contributed by atoms with E-state index in [0.717, 1.165) is 24.4 Å². The van der Waals surface area contributed by atoms with Gasteiger partial charge >= 0.3 is 0 Å². The molecule has 0 amide bonds. The van der Waals surface area contributed by atoms with Crippen LogP contribution in [0.25, 0.3) is 0 Å². The van der Waals surface area contributed by atoms with Crippen LogP contribution in [-0.2, 0) is 0 Å². The maximum Gasteiger partial charge on any atom is 0.196 e. The van der Waals surface area contributed by atoms with E-state index >= 15 is 0 Å². The summed E-state index contributed by atoms with van der Waals surface area (Å²) in [6.45, 7) is 7.48. The maximum absolute atomic E-state index is 6.12. The first-order valence-electron chi connectivity index (χ1n) is 7.20. The van der Waals surface area contributed by atoms with E-state index in [4.69, 9.17) is 10.5 Å². The summed E-state index contributed by atoms with van der Waals surface area (Å²) in [6.07, 6.45) is 2.24. The summed E-state index contributed by atoms with van der Waals surface area (Å²) >= 11 is 0. The van der Waals surface area contributed by atoms with E-state index in [1.807, 2.05) is 18.2 Å². The minimum absolute atomic E-state index is 0.0410. The van der Waals surface area contributed by atoms with Gasteiger partial charge in [0.1, 0.15) is 5.75 Å². The second-order valence-corrected chi connectivity index (χ2v) is 6.14. The number of guanidine groups is 1. The molecule has 1 heterocycles. The van der Waals surface area contributed by atoms with Crippen LogP contribution in [0.2, 0.25) is 0 Å². The molecule has 0 spiro atoms. The summed E-state index contributed by atoms with van der Waals surface area (Å²) < 4.78 is 5.31. The van der Waals surface area contributed by atoms with E-state index in [0.29, 0.717) is 11.9 Å². The molecule has 20 heavy (non-hydrogen) atoms. The molecule has 0 aliphatic carbocycles. The highest BCUT2D eigenvalue weighted by Crippen LogP contribution is 2.34. The number of nitrogens with zero attached hydrogens (tertiary/aromatic N) is 2. The second kappa shape index (κ2) is 5.73. The quantitative estimate of drug-likeness (QED) is 0.898. The van der Waals surface area contributed by atoms with E-state index in [-0.39, 0.29) is 5.54 Å². The van der Waals surface area contributed by atoms with Crippen molar-refractivity contribution in [1.29, 1.82) is 0 Å². The molecule has 0 saturated heterocycles. The third-order valence-electron chi connectivity index (χ3n) is 3.92. The van der Waals surface area contributed by atoms with Gasteiger partial charge in [0.25, 0.3) is 0 Å². The minimum atomic E-state index is -0.0410. The lowest BCUT2D eigenvalue weighted by molar-refractivity contribution is 0.404. The van der Waals surface area contributed by atoms with E-state index < -0.39 is 0 Å². The Hall–Kier alpha value is -1.71. The number of hydrogen-bond donors (Lipinski definition) is 1. The van der Waals surface area contributed by atoms with E-state index in [1.165, 1.54) is 6.42 Å². The molecule has 0 bridgehead atoms. The van der Waals surface area contributed by atoms with Gasteiger partial charge in [-0.1, -0.05) is 19.9 Å². The van der Waals surface area contributed by atoms with Gasteiger partial charge in [-0.05, 0) is 37.8 Å². The molecule has 4 heteroatoms. The Morgan fingerprint density at radius 1 is 1.45 bits per heavy atom. The molecule has 4 nitrogen and oxygen atoms in total. The first kappa shape index (κ1) is 14.7. The summed E-state index contributed by atoms with van der Waals surface area (Å²) in [5.74, 6) is 2.12. The molecule has 110 valence electrons. The Morgan fingerprint density at radius 2 is 2.20 bits per heavy atom. The van der Waals surface area contributed by atoms with E-state index in [1.54, 1.807) is 7.11 Å². The van der Waals surface area contributed by atoms with Crippen LogP contribution in [0.5, 0.6) is 5.75 Å². The summed E-state index contributed by atoms with van der Waals surface area (Å²) in [7, 11) is 1.68. The highest BCUT2D eigenvalue weighted by molar-refractivity contribution is 5.98. The summed E-state index contributed by atoms with van der Waals surface area (Å²) in [5.41, 5.74) is 7.13. The van der Waals surface area contributed by atoms with Crippen LogP contribution in [0.4, 0.5) is 5.69 Å². The fourth-order valence-corrected chi connectivity index (χ4v) is 2.65. The Balaban J connectivity index is 2.27. The zero-order valence-electron chi connectivity index (χ0n) is 12.9. The molecule has 0 radical (unpaired) electrons. The average Bonchev–Trinajstić information content (AvgIpc) is 2.73. The van der Waals surface area contributed by atoms with Crippen LogP contribution < -0.4 is 15.4 Å². The third kappa shape index (κ3) is 2.89. The third-order valence-corrected chi connectivity index (χ3v) is 3.92. The zero-order chi connectivity index (χ0) is 14.8. The predicted octanol–water partition coefficient (Wildman–Crippen LogP) is 3.02. The predicted molar refractivity (Wildman–Crippen MR) is 84.4 cm³/mol. The molecule has 1 aliphatic rings. The van der Waals surface area contributed by atoms with Gasteiger partial charge < -0.3 is 15.4 Å². The molecule has 2 rings (SSSR count). The lowest BCUT2D eigenvalue weighted by Crippen LogP contribution is -2.50. The molecule has 1 aliphatic heterocycles. The fourth-order valence-electron chi connectivity index (χ4n) is 2.65. The van der Waals surface area contributed by atoms with E-state index in [2.05, 4.69) is 36.7 Å². The SMILES string of the molecule is COc1cccc(N2C(N)=NCC2(C)CCC(C)C)c1. The molecule has 0 saturated carbocycles. The maximum atomic E-state index is 6.12. The number of benzene rings is 1. The molecule has 1 aromatic rings. The van der Waals surface area contributed by atoms with Crippen molar-refractivity contribution >= 4 is 11.6 Å². The van der Waals surface area contributed by atoms with Crippen molar-refractivity contribution in [2.24, 2.45) is 16.6 Å². The fraction of sp³-hybridized carbons (Fsp3) is 0.562. The first-order chi connectivity index (χ1) is 9.46. The lowest BCUT2D eigenvalue weighted by Gasteiger charge is -2.37. The number of aliphatic imine (C=N–C) groups is 1. The van der Waals surface area contributed by atoms with E-state index in [9.17, 15) is 0 Å². The highest BCUT2D eigenvalue weighted by Gasteiger charge is 2.38. The lowest BCUT2D eigenvalue weighted by atomic mass is 9.90. The van der Waals surface area contributed by atoms with Crippen molar-refractivity contribution in [1.82, 2.24) is 0 Å². The molecule has 0 aromatic heterocycles. The molecule has 2 N–H and O–H groups in total. The zero-order valence-corrected chi connectivity index (χ0v) is 12.9. The second-order valence-electron chi connectivity index (χ2n) is 6.14. The van der Waals surface area contributed by atoms with Crippen molar-refractivity contribution in [2.75, 3.05) is 18.6 Å². The Kier molecular flexibility index (Phi) is 4.21. The number of rotatable bonds is 5. The van der Waals surface area contributed by atoms with Crippen LogP contribution >= 0.6 is 0 Å². The number of nitrogens with two attached hydrogens (primary N) is 1. The number of methoxy groups -OCH3 is 1. The normalized spacial score (nSPS) is 22.2. The van der Waals surface area contributed by atoms with Crippen LogP contribution in [0.15, 0.2) is 29.3 Å². The van der Waals surface area contributed by atoms with Gasteiger partial charge in [-0.15, -0.1) is 0 Å². The smallest absolute Gasteiger partial charge is 0.196 e. The molecule has 1 atom stereocenters. The van der Waals surface area contributed by atoms with Crippen molar-refractivity contribution < 1.29 is 4.74 Å². The van der Waals surface area contributed by atoms with Crippen LogP contribution in [0.3, 0.4) is 0 Å². The van der Waals surface area contributed by atoms with Gasteiger partial charge in [0.15, 0.2) is 5.96 Å². The van der Waals surface area contributed by atoms with Crippen molar-refractivity contribution in [3.05, 3.63) is 24.3 Å². The Morgan fingerprint density at radius 3 is 2.85 bits per heavy atom. The molecule has 1 aromatic carbocycles. The van der Waals surface area contributed by atoms with Gasteiger partial charge in [0.05, 0.1) is 19.2 Å². The Labute approximate surface area is 121 Å². The van der Waals surface area contributed by atoms with Crippen molar-refractivity contribution in [3.8, 4) is 5.75 Å². The van der Waals surface area contributed by atoms with Gasteiger partial charge in [0.2, 0.25) is 0 Å². The molecule has 0 fully saturated rings. The molecule has 1 unspecified atom stereocenters. The average molecular weight is 275 g/mol.